The van der Waals surface area contributed by atoms with Crippen molar-refractivity contribution in [2.24, 2.45) is 0 Å². The van der Waals surface area contributed by atoms with Crippen molar-refractivity contribution < 1.29 is 9.18 Å². The summed E-state index contributed by atoms with van der Waals surface area (Å²) >= 11 is 3.32. The monoisotopic (exact) mass is 336 g/mol. The zero-order valence-electron chi connectivity index (χ0n) is 10.9. The molecule has 3 nitrogen and oxygen atoms in total. The van der Waals surface area contributed by atoms with E-state index in [1.807, 2.05) is 6.07 Å². The van der Waals surface area contributed by atoms with E-state index in [2.05, 4.69) is 15.9 Å². The number of hydrogen-bond acceptors (Lipinski definition) is 2. The number of rotatable bonds is 3. The van der Waals surface area contributed by atoms with Gasteiger partial charge in [-0.1, -0.05) is 28.1 Å². The van der Waals surface area contributed by atoms with E-state index in [1.54, 1.807) is 31.3 Å². The van der Waals surface area contributed by atoms with E-state index in [-0.39, 0.29) is 18.1 Å². The number of nitrogen functional groups attached to an aromatic ring is 1. The van der Waals surface area contributed by atoms with Gasteiger partial charge in [-0.2, -0.15) is 0 Å². The minimum atomic E-state index is -0.346. The molecule has 2 aromatic rings. The highest BCUT2D eigenvalue weighted by molar-refractivity contribution is 9.10. The predicted molar refractivity (Wildman–Crippen MR) is 82.1 cm³/mol. The Balaban J connectivity index is 2.16. The average Bonchev–Trinajstić information content (AvgIpc) is 2.38. The van der Waals surface area contributed by atoms with Crippen LogP contribution in [0.3, 0.4) is 0 Å². The molecule has 0 aliphatic rings. The molecule has 0 aliphatic carbocycles. The zero-order valence-corrected chi connectivity index (χ0v) is 12.5. The van der Waals surface area contributed by atoms with E-state index in [0.717, 1.165) is 4.47 Å². The topological polar surface area (TPSA) is 46.3 Å². The molecule has 0 spiro atoms. The minimum absolute atomic E-state index is 0.129. The number of carbonyl (C=O) groups excluding carboxylic acids is 1. The van der Waals surface area contributed by atoms with Gasteiger partial charge in [-0.05, 0) is 35.9 Å². The van der Waals surface area contributed by atoms with Crippen molar-refractivity contribution in [1.82, 2.24) is 0 Å². The third-order valence-electron chi connectivity index (χ3n) is 2.97. The van der Waals surface area contributed by atoms with Gasteiger partial charge in [0.2, 0.25) is 5.91 Å². The van der Waals surface area contributed by atoms with Gasteiger partial charge in [-0.15, -0.1) is 0 Å². The quantitative estimate of drug-likeness (QED) is 0.873. The molecular formula is C15H14BrFN2O. The van der Waals surface area contributed by atoms with Crippen LogP contribution in [0.2, 0.25) is 0 Å². The lowest BCUT2D eigenvalue weighted by atomic mass is 10.1. The summed E-state index contributed by atoms with van der Waals surface area (Å²) in [6.45, 7) is 0. The summed E-state index contributed by atoms with van der Waals surface area (Å²) in [6, 6.07) is 11.3. The van der Waals surface area contributed by atoms with E-state index < -0.39 is 0 Å². The number of nitrogens with zero attached hydrogens (tertiary/aromatic N) is 1. The van der Waals surface area contributed by atoms with E-state index >= 15 is 0 Å². The van der Waals surface area contributed by atoms with Crippen LogP contribution in [-0.2, 0) is 11.2 Å². The molecule has 0 saturated carbocycles. The molecule has 0 heterocycles. The summed E-state index contributed by atoms with van der Waals surface area (Å²) in [4.78, 5) is 13.7. The van der Waals surface area contributed by atoms with Crippen molar-refractivity contribution in [3.05, 3.63) is 58.3 Å². The van der Waals surface area contributed by atoms with Crippen LogP contribution in [0.1, 0.15) is 5.56 Å². The highest BCUT2D eigenvalue weighted by Gasteiger charge is 2.14. The van der Waals surface area contributed by atoms with Gasteiger partial charge in [0.05, 0.1) is 17.8 Å². The Kier molecular flexibility index (Phi) is 4.39. The second kappa shape index (κ2) is 6.05. The molecule has 0 atom stereocenters. The number of hydrogen-bond donors (Lipinski definition) is 1. The van der Waals surface area contributed by atoms with E-state index in [9.17, 15) is 9.18 Å². The highest BCUT2D eigenvalue weighted by Crippen LogP contribution is 2.26. The SMILES string of the molecule is CN(C(=O)Cc1cccc(F)c1)c1ccc(Br)cc1N. The Morgan fingerprint density at radius 1 is 1.30 bits per heavy atom. The van der Waals surface area contributed by atoms with Crippen molar-refractivity contribution >= 4 is 33.2 Å². The van der Waals surface area contributed by atoms with Gasteiger partial charge in [0.15, 0.2) is 0 Å². The molecule has 5 heteroatoms. The normalized spacial score (nSPS) is 10.3. The number of nitrogens with two attached hydrogens (primary N) is 1. The third kappa shape index (κ3) is 3.36. The fourth-order valence-electron chi connectivity index (χ4n) is 1.91. The Hall–Kier alpha value is -1.88. The molecule has 2 N–H and O–H groups in total. The second-order valence-electron chi connectivity index (χ2n) is 4.46. The molecule has 0 aromatic heterocycles. The number of anilines is 2. The van der Waals surface area contributed by atoms with Gasteiger partial charge < -0.3 is 10.6 Å². The molecule has 104 valence electrons. The molecule has 0 unspecified atom stereocenters. The predicted octanol–water partition coefficient (Wildman–Crippen LogP) is 3.38. The summed E-state index contributed by atoms with van der Waals surface area (Å²) < 4.78 is 14.0. The lowest BCUT2D eigenvalue weighted by Gasteiger charge is -2.19. The van der Waals surface area contributed by atoms with Crippen molar-refractivity contribution in [3.8, 4) is 0 Å². The molecule has 0 saturated heterocycles. The van der Waals surface area contributed by atoms with Gasteiger partial charge in [-0.25, -0.2) is 4.39 Å². The molecule has 0 aliphatic heterocycles. The van der Waals surface area contributed by atoms with Crippen LogP contribution in [0, 0.1) is 5.82 Å². The average molecular weight is 337 g/mol. The Bertz CT molecular complexity index is 646. The number of likely N-dealkylation sites (N-methyl/N-ethyl adjacent to an activating group) is 1. The smallest absolute Gasteiger partial charge is 0.231 e. The molecule has 1 amide bonds. The number of benzene rings is 2. The Morgan fingerprint density at radius 2 is 2.05 bits per heavy atom. The van der Waals surface area contributed by atoms with E-state index in [4.69, 9.17) is 5.73 Å². The van der Waals surface area contributed by atoms with Crippen molar-refractivity contribution in [3.63, 3.8) is 0 Å². The molecule has 2 aromatic carbocycles. The number of amides is 1. The maximum Gasteiger partial charge on any atom is 0.231 e. The maximum absolute atomic E-state index is 13.1. The molecule has 20 heavy (non-hydrogen) atoms. The van der Waals surface area contributed by atoms with Crippen LogP contribution in [0.15, 0.2) is 46.9 Å². The molecule has 0 fully saturated rings. The largest absolute Gasteiger partial charge is 0.397 e. The highest BCUT2D eigenvalue weighted by atomic mass is 79.9. The molecule has 0 bridgehead atoms. The van der Waals surface area contributed by atoms with Gasteiger partial charge in [0.25, 0.3) is 0 Å². The maximum atomic E-state index is 13.1. The van der Waals surface area contributed by atoms with Crippen LogP contribution in [0.4, 0.5) is 15.8 Å². The van der Waals surface area contributed by atoms with Crippen LogP contribution in [-0.4, -0.2) is 13.0 Å². The van der Waals surface area contributed by atoms with Crippen molar-refractivity contribution in [1.29, 1.82) is 0 Å². The third-order valence-corrected chi connectivity index (χ3v) is 3.46. The summed E-state index contributed by atoms with van der Waals surface area (Å²) in [5, 5.41) is 0. The standard InChI is InChI=1S/C15H14BrFN2O/c1-19(14-6-5-11(16)9-13(14)18)15(20)8-10-3-2-4-12(17)7-10/h2-7,9H,8,18H2,1H3. The fraction of sp³-hybridized carbons (Fsp3) is 0.133. The van der Waals surface area contributed by atoms with Gasteiger partial charge in [0.1, 0.15) is 5.82 Å². The Morgan fingerprint density at radius 3 is 2.70 bits per heavy atom. The van der Waals surface area contributed by atoms with Crippen LogP contribution < -0.4 is 10.6 Å². The van der Waals surface area contributed by atoms with Gasteiger partial charge in [0, 0.05) is 11.5 Å². The first-order chi connectivity index (χ1) is 9.47. The summed E-state index contributed by atoms with van der Waals surface area (Å²) in [7, 11) is 1.65. The van der Waals surface area contributed by atoms with Crippen LogP contribution in [0.5, 0.6) is 0 Å². The van der Waals surface area contributed by atoms with Gasteiger partial charge in [-0.3, -0.25) is 4.79 Å². The lowest BCUT2D eigenvalue weighted by Crippen LogP contribution is -2.28. The molecule has 0 radical (unpaired) electrons. The zero-order chi connectivity index (χ0) is 14.7. The first-order valence-corrected chi connectivity index (χ1v) is 6.82. The fourth-order valence-corrected chi connectivity index (χ4v) is 2.28. The minimum Gasteiger partial charge on any atom is -0.397 e. The summed E-state index contributed by atoms with van der Waals surface area (Å²) in [5.41, 5.74) is 7.67. The van der Waals surface area contributed by atoms with Gasteiger partial charge >= 0.3 is 0 Å². The number of carbonyl (C=O) groups is 1. The lowest BCUT2D eigenvalue weighted by molar-refractivity contribution is -0.117. The molecular weight excluding hydrogens is 323 g/mol. The van der Waals surface area contributed by atoms with Crippen LogP contribution >= 0.6 is 15.9 Å². The molecule has 2 rings (SSSR count). The van der Waals surface area contributed by atoms with Crippen molar-refractivity contribution in [2.75, 3.05) is 17.7 Å². The first-order valence-electron chi connectivity index (χ1n) is 6.03. The summed E-state index contributed by atoms with van der Waals surface area (Å²) in [6.07, 6.45) is 0.129. The Labute approximate surface area is 125 Å². The summed E-state index contributed by atoms with van der Waals surface area (Å²) in [5.74, 6) is -0.495. The van der Waals surface area contributed by atoms with Crippen LogP contribution in [0.25, 0.3) is 0 Å². The van der Waals surface area contributed by atoms with Crippen molar-refractivity contribution in [2.45, 2.75) is 6.42 Å². The number of halogens is 2. The second-order valence-corrected chi connectivity index (χ2v) is 5.38. The van der Waals surface area contributed by atoms with E-state index in [0.29, 0.717) is 16.9 Å². The van der Waals surface area contributed by atoms with E-state index in [1.165, 1.54) is 17.0 Å². The first kappa shape index (κ1) is 14.5.